The molecule has 2 fully saturated rings. The maximum atomic E-state index is 12.2. The Bertz CT molecular complexity index is 417. The van der Waals surface area contributed by atoms with Crippen LogP contribution in [0.25, 0.3) is 0 Å². The Morgan fingerprint density at radius 1 is 1.27 bits per heavy atom. The predicted molar refractivity (Wildman–Crippen MR) is 79.3 cm³/mol. The summed E-state index contributed by atoms with van der Waals surface area (Å²) in [5.41, 5.74) is 0. The molecule has 7 nitrogen and oxygen atoms in total. The van der Waals surface area contributed by atoms with Crippen molar-refractivity contribution < 1.29 is 24.2 Å². The molecule has 0 aromatic rings. The molecular weight excluding hydrogens is 288 g/mol. The Morgan fingerprint density at radius 3 is 2.55 bits per heavy atom. The van der Waals surface area contributed by atoms with Gasteiger partial charge in [-0.05, 0) is 32.2 Å². The van der Waals surface area contributed by atoms with E-state index < -0.39 is 12.0 Å². The number of carbonyl (C=O) groups excluding carboxylic acids is 1. The number of ether oxygens (including phenoxy) is 2. The van der Waals surface area contributed by atoms with Crippen LogP contribution in [0.15, 0.2) is 0 Å². The van der Waals surface area contributed by atoms with Gasteiger partial charge in [0, 0.05) is 20.8 Å². The molecule has 1 amide bonds. The number of nitrogens with zero attached hydrogens (tertiary/aromatic N) is 2. The fraction of sp³-hybridized carbons (Fsp3) is 0.867. The van der Waals surface area contributed by atoms with Crippen molar-refractivity contribution >= 4 is 11.9 Å². The number of aliphatic carboxylic acids is 1. The highest BCUT2D eigenvalue weighted by Crippen LogP contribution is 2.29. The molecule has 4 unspecified atom stereocenters. The fourth-order valence-electron chi connectivity index (χ4n) is 3.51. The van der Waals surface area contributed by atoms with E-state index in [1.54, 1.807) is 31.1 Å². The maximum absolute atomic E-state index is 12.2. The van der Waals surface area contributed by atoms with Gasteiger partial charge >= 0.3 is 5.97 Å². The van der Waals surface area contributed by atoms with Gasteiger partial charge in [-0.3, -0.25) is 14.5 Å². The van der Waals surface area contributed by atoms with E-state index >= 15 is 0 Å². The van der Waals surface area contributed by atoms with E-state index in [2.05, 4.69) is 0 Å². The summed E-state index contributed by atoms with van der Waals surface area (Å²) in [6.07, 6.45) is 3.02. The lowest BCUT2D eigenvalue weighted by molar-refractivity contribution is -0.155. The minimum atomic E-state index is -0.935. The number of amides is 1. The molecule has 1 heterocycles. The quantitative estimate of drug-likeness (QED) is 0.791. The van der Waals surface area contributed by atoms with Crippen LogP contribution in [0.3, 0.4) is 0 Å². The molecule has 1 N–H and O–H groups in total. The lowest BCUT2D eigenvalue weighted by atomic mass is 9.84. The largest absolute Gasteiger partial charge is 0.480 e. The SMILES string of the molecule is COC1CCC(CN2CN(C)C(C(=O)O)CC2=O)CC1OC. The molecular formula is C15H26N2O5. The monoisotopic (exact) mass is 314 g/mol. The first-order valence-corrected chi connectivity index (χ1v) is 7.72. The van der Waals surface area contributed by atoms with Crippen molar-refractivity contribution in [3.63, 3.8) is 0 Å². The molecule has 1 aliphatic heterocycles. The second kappa shape index (κ2) is 7.39. The van der Waals surface area contributed by atoms with Gasteiger partial charge in [0.15, 0.2) is 0 Å². The van der Waals surface area contributed by atoms with Crippen LogP contribution in [0, 0.1) is 5.92 Å². The van der Waals surface area contributed by atoms with E-state index in [4.69, 9.17) is 14.6 Å². The summed E-state index contributed by atoms with van der Waals surface area (Å²) in [5.74, 6) is -0.640. The van der Waals surface area contributed by atoms with E-state index in [1.165, 1.54) is 0 Å². The zero-order valence-electron chi connectivity index (χ0n) is 13.5. The van der Waals surface area contributed by atoms with Crippen LogP contribution < -0.4 is 0 Å². The Balaban J connectivity index is 1.91. The van der Waals surface area contributed by atoms with Crippen molar-refractivity contribution in [3.05, 3.63) is 0 Å². The number of hydrogen-bond donors (Lipinski definition) is 1. The lowest BCUT2D eigenvalue weighted by Gasteiger charge is -2.41. The number of rotatable bonds is 5. The van der Waals surface area contributed by atoms with Gasteiger partial charge in [-0.25, -0.2) is 0 Å². The van der Waals surface area contributed by atoms with Crippen LogP contribution >= 0.6 is 0 Å². The van der Waals surface area contributed by atoms with Crippen molar-refractivity contribution in [2.45, 2.75) is 43.9 Å². The molecule has 126 valence electrons. The predicted octanol–water partition coefficient (Wildman–Crippen LogP) is 0.391. The highest BCUT2D eigenvalue weighted by atomic mass is 16.5. The Hall–Kier alpha value is -1.18. The van der Waals surface area contributed by atoms with Crippen molar-refractivity contribution in [3.8, 4) is 0 Å². The van der Waals surface area contributed by atoms with Crippen molar-refractivity contribution in [2.24, 2.45) is 5.92 Å². The highest BCUT2D eigenvalue weighted by Gasteiger charge is 2.37. The number of likely N-dealkylation sites (N-methyl/N-ethyl adjacent to an activating group) is 1. The van der Waals surface area contributed by atoms with Gasteiger partial charge in [0.1, 0.15) is 6.04 Å². The summed E-state index contributed by atoms with van der Waals surface area (Å²) >= 11 is 0. The molecule has 2 aliphatic rings. The zero-order valence-corrected chi connectivity index (χ0v) is 13.5. The van der Waals surface area contributed by atoms with Crippen LogP contribution in [0.4, 0.5) is 0 Å². The Kier molecular flexibility index (Phi) is 5.77. The van der Waals surface area contributed by atoms with Gasteiger partial charge in [-0.15, -0.1) is 0 Å². The normalized spacial score (nSPS) is 34.0. The second-order valence-corrected chi connectivity index (χ2v) is 6.30. The van der Waals surface area contributed by atoms with Crippen LogP contribution in [0.5, 0.6) is 0 Å². The minimum Gasteiger partial charge on any atom is -0.480 e. The number of carbonyl (C=O) groups is 2. The summed E-state index contributed by atoms with van der Waals surface area (Å²) in [4.78, 5) is 26.8. The first-order valence-electron chi connectivity index (χ1n) is 7.72. The molecule has 0 aromatic carbocycles. The summed E-state index contributed by atoms with van der Waals surface area (Å²) < 4.78 is 10.9. The summed E-state index contributed by atoms with van der Waals surface area (Å²) in [5, 5.41) is 9.11. The third-order valence-corrected chi connectivity index (χ3v) is 4.86. The average molecular weight is 314 g/mol. The zero-order chi connectivity index (χ0) is 16.3. The lowest BCUT2D eigenvalue weighted by Crippen LogP contribution is -2.55. The standard InChI is InChI=1S/C15H26N2O5/c1-16-9-17(14(18)7-11(16)15(19)20)8-10-4-5-12(21-2)13(6-10)22-3/h10-13H,4-9H2,1-3H3,(H,19,20). The molecule has 4 atom stereocenters. The smallest absolute Gasteiger partial charge is 0.321 e. The van der Waals surface area contributed by atoms with Gasteiger partial charge in [0.25, 0.3) is 0 Å². The second-order valence-electron chi connectivity index (χ2n) is 6.30. The van der Waals surface area contributed by atoms with E-state index in [1.807, 2.05) is 0 Å². The minimum absolute atomic E-state index is 0.0486. The maximum Gasteiger partial charge on any atom is 0.321 e. The van der Waals surface area contributed by atoms with Crippen molar-refractivity contribution in [1.29, 1.82) is 0 Å². The molecule has 7 heteroatoms. The molecule has 0 aromatic heterocycles. The molecule has 22 heavy (non-hydrogen) atoms. The topological polar surface area (TPSA) is 79.3 Å². The van der Waals surface area contributed by atoms with Crippen molar-refractivity contribution in [1.82, 2.24) is 9.80 Å². The number of carboxylic acids is 1. The molecule has 2 rings (SSSR count). The van der Waals surface area contributed by atoms with E-state index in [-0.39, 0.29) is 24.5 Å². The van der Waals surface area contributed by atoms with Crippen LogP contribution in [0.1, 0.15) is 25.7 Å². The average Bonchev–Trinajstić information content (AvgIpc) is 2.50. The highest BCUT2D eigenvalue weighted by molar-refractivity contribution is 5.85. The molecule has 1 saturated heterocycles. The van der Waals surface area contributed by atoms with E-state index in [9.17, 15) is 9.59 Å². The van der Waals surface area contributed by atoms with Crippen LogP contribution in [-0.4, -0.2) is 79.5 Å². The van der Waals surface area contributed by atoms with Gasteiger partial charge in [0.05, 0.1) is 25.3 Å². The van der Waals surface area contributed by atoms with E-state index in [0.717, 1.165) is 19.3 Å². The van der Waals surface area contributed by atoms with Crippen LogP contribution in [0.2, 0.25) is 0 Å². The Morgan fingerprint density at radius 2 is 1.95 bits per heavy atom. The molecule has 1 saturated carbocycles. The molecule has 0 bridgehead atoms. The van der Waals surface area contributed by atoms with Gasteiger partial charge in [0.2, 0.25) is 5.91 Å². The first kappa shape index (κ1) is 17.2. The fourth-order valence-corrected chi connectivity index (χ4v) is 3.51. The van der Waals surface area contributed by atoms with Gasteiger partial charge < -0.3 is 19.5 Å². The number of carboxylic acid groups (broad SMARTS) is 1. The molecule has 1 aliphatic carbocycles. The van der Waals surface area contributed by atoms with Gasteiger partial charge in [-0.1, -0.05) is 0 Å². The molecule has 0 spiro atoms. The van der Waals surface area contributed by atoms with Crippen LogP contribution in [-0.2, 0) is 19.1 Å². The molecule has 0 radical (unpaired) electrons. The first-order chi connectivity index (χ1) is 10.5. The summed E-state index contributed by atoms with van der Waals surface area (Å²) in [7, 11) is 5.14. The van der Waals surface area contributed by atoms with E-state index in [0.29, 0.717) is 19.1 Å². The summed E-state index contributed by atoms with van der Waals surface area (Å²) in [6, 6.07) is -0.709. The Labute approximate surface area is 131 Å². The number of methoxy groups -OCH3 is 2. The van der Waals surface area contributed by atoms with Crippen molar-refractivity contribution in [2.75, 3.05) is 34.5 Å². The number of hydrogen-bond acceptors (Lipinski definition) is 5. The third-order valence-electron chi connectivity index (χ3n) is 4.86. The third kappa shape index (κ3) is 3.77. The van der Waals surface area contributed by atoms with Gasteiger partial charge in [-0.2, -0.15) is 0 Å². The summed E-state index contributed by atoms with van der Waals surface area (Å²) in [6.45, 7) is 1.03.